The van der Waals surface area contributed by atoms with E-state index in [1.165, 1.54) is 61.6 Å². The lowest BCUT2D eigenvalue weighted by atomic mass is 9.97. The SMILES string of the molecule is Cc1cc(CC(C)C)ccc1-c1cccc[n+]1C.Cc1ccc(C)c(-c2cccc[n+]2C)c1.[2H]C([2H])([2H])C([2H])(C)C([2H])([2H])c1ccc(-c2cccc[n+]2C)c(C)c1.[2H]C([2H])([2H])c1ccc(-c2cccc[n+]2C)c(C)c1.[2H]c1c(C)cc(-c2cccc[n+]2C)c(C)c1C.[2H]c1cc(-c2cccc[n+]2C)c(C)c(C)c1[2H]. The third-order valence-corrected chi connectivity index (χ3v) is 17.3. The molecule has 0 N–H and O–H groups in total. The molecule has 6 heteroatoms. The normalized spacial score (nSPS) is 13.4. The summed E-state index contributed by atoms with van der Waals surface area (Å²) in [6.45, 7) is 21.2. The average Bonchev–Trinajstić information content (AvgIpc) is 0.749. The third kappa shape index (κ3) is 21.1. The third-order valence-electron chi connectivity index (χ3n) is 17.3. The van der Waals surface area contributed by atoms with Gasteiger partial charge in [0.1, 0.15) is 42.3 Å². The summed E-state index contributed by atoms with van der Waals surface area (Å²) < 4.78 is 105. The molecule has 498 valence electrons. The molecule has 1 atom stereocenters. The van der Waals surface area contributed by atoms with Crippen LogP contribution in [0.4, 0.5) is 0 Å². The molecule has 1 unspecified atom stereocenters. The minimum atomic E-state index is -2.73. The maximum atomic E-state index is 8.25. The van der Waals surface area contributed by atoms with Crippen molar-refractivity contribution in [1.82, 2.24) is 0 Å². The lowest BCUT2D eigenvalue weighted by Gasteiger charge is -2.09. The molecule has 97 heavy (non-hydrogen) atoms. The molecule has 0 saturated heterocycles. The molecule has 6 aromatic heterocycles. The standard InChI is InChI=1S/2C17H22N.C15H18N.3C14H16N/c2*1-13(2)11-15-8-9-16(14(3)12-15)17-7-5-6-10-18(17)4;1-11-9-12(2)13(3)14(10-11)15-7-5-6-8-16(15)4;1-11-7-6-8-13(12(11)2)14-9-4-5-10-15(14)3;1-11-7-8-13(12(2)10-11)14-6-4-5-9-15(14)3;1-11-7-8-12(2)13(10-11)14-6-4-5-9-15(14)3/h2*5-10,12-13H,11H2,1-4H3;5-10H,1-4H3;3*4-10H,1-3H3/q6*+1/i1D3,11D2,13D;;9D;6D,7D;1D3;. The number of rotatable bonds is 10. The summed E-state index contributed by atoms with van der Waals surface area (Å²) in [4.78, 5) is 0. The van der Waals surface area contributed by atoms with E-state index in [4.69, 9.17) is 16.4 Å². The minimum absolute atomic E-state index is 0.205. The van der Waals surface area contributed by atoms with E-state index in [9.17, 15) is 0 Å². The van der Waals surface area contributed by atoms with E-state index in [1.54, 1.807) is 36.4 Å². The largest absolute Gasteiger partial charge is 0.212 e. The first-order valence-corrected chi connectivity index (χ1v) is 33.3. The highest BCUT2D eigenvalue weighted by Crippen LogP contribution is 2.28. The Morgan fingerprint density at radius 2 is 0.732 bits per heavy atom. The summed E-state index contributed by atoms with van der Waals surface area (Å²) in [5, 5.41) is 0. The van der Waals surface area contributed by atoms with Gasteiger partial charge in [-0.25, -0.2) is 27.4 Å². The smallest absolute Gasteiger partial charge is 0.201 e. The van der Waals surface area contributed by atoms with Gasteiger partial charge >= 0.3 is 0 Å². The van der Waals surface area contributed by atoms with Gasteiger partial charge in [0.15, 0.2) is 37.2 Å². The molecule has 12 aromatic rings. The summed E-state index contributed by atoms with van der Waals surface area (Å²) in [6, 6.07) is 65.5. The van der Waals surface area contributed by atoms with Crippen LogP contribution in [0.25, 0.3) is 67.5 Å². The molecule has 6 heterocycles. The molecule has 0 amide bonds. The first-order chi connectivity index (χ1) is 51.1. The van der Waals surface area contributed by atoms with Gasteiger partial charge in [-0.15, -0.1) is 0 Å². The van der Waals surface area contributed by atoms with Crippen molar-refractivity contribution in [3.05, 3.63) is 322 Å². The molecule has 0 saturated carbocycles. The van der Waals surface area contributed by atoms with Gasteiger partial charge in [-0.05, 0) is 229 Å². The number of pyridine rings is 6. The molecule has 0 radical (unpaired) electrons. The van der Waals surface area contributed by atoms with Gasteiger partial charge in [-0.3, -0.25) is 0 Å². The van der Waals surface area contributed by atoms with E-state index in [2.05, 4.69) is 167 Å². The zero-order chi connectivity index (χ0) is 80.8. The van der Waals surface area contributed by atoms with Crippen molar-refractivity contribution in [3.8, 4) is 67.5 Å². The van der Waals surface area contributed by atoms with E-state index in [1.807, 2.05) is 181 Å². The number of aromatic nitrogens is 6. The molecule has 0 fully saturated rings. The average molecular weight is 1300 g/mol. The first-order valence-electron chi connectivity index (χ1n) is 39.3. The molecule has 0 aliphatic carbocycles. The molecule has 12 rings (SSSR count). The second-order valence-electron chi connectivity index (χ2n) is 25.7. The van der Waals surface area contributed by atoms with Crippen molar-refractivity contribution in [2.45, 2.75) is 117 Å². The molecule has 0 aliphatic heterocycles. The number of nitrogens with zero attached hydrogens (tertiary/aromatic N) is 6. The van der Waals surface area contributed by atoms with Gasteiger partial charge < -0.3 is 0 Å². The summed E-state index contributed by atoms with van der Waals surface area (Å²) >= 11 is 0. The number of aryl methyl sites for hydroxylation is 13. The summed E-state index contributed by atoms with van der Waals surface area (Å²) in [6.07, 6.45) is 11.0. The van der Waals surface area contributed by atoms with E-state index in [-0.39, 0.29) is 11.6 Å². The number of benzene rings is 6. The quantitative estimate of drug-likeness (QED) is 0.122. The lowest BCUT2D eigenvalue weighted by Crippen LogP contribution is -2.30. The van der Waals surface area contributed by atoms with Crippen molar-refractivity contribution in [3.63, 3.8) is 0 Å². The van der Waals surface area contributed by atoms with Crippen LogP contribution in [0.5, 0.6) is 0 Å². The molecular formula is C91H110N6+6. The van der Waals surface area contributed by atoms with Gasteiger partial charge in [0.2, 0.25) is 34.2 Å². The summed E-state index contributed by atoms with van der Waals surface area (Å²) in [5.74, 6) is -1.53. The Morgan fingerprint density at radius 3 is 1.15 bits per heavy atom. The van der Waals surface area contributed by atoms with Crippen LogP contribution < -0.4 is 27.4 Å². The van der Waals surface area contributed by atoms with Crippen molar-refractivity contribution in [2.24, 2.45) is 54.1 Å². The molecule has 0 aliphatic rings. The molecular weight excluding hydrogens is 1180 g/mol. The van der Waals surface area contributed by atoms with Crippen molar-refractivity contribution >= 4 is 0 Å². The van der Waals surface area contributed by atoms with Crippen LogP contribution in [-0.4, -0.2) is 0 Å². The van der Waals surface area contributed by atoms with Crippen LogP contribution in [0.2, 0.25) is 0 Å². The fourth-order valence-electron chi connectivity index (χ4n) is 11.7. The summed E-state index contributed by atoms with van der Waals surface area (Å²) in [7, 11) is 12.1. The van der Waals surface area contributed by atoms with Gasteiger partial charge in [0, 0.05) is 119 Å². The second-order valence-corrected chi connectivity index (χ2v) is 25.7. The van der Waals surface area contributed by atoms with Crippen LogP contribution in [0, 0.1) is 87.9 Å². The van der Waals surface area contributed by atoms with E-state index >= 15 is 0 Å². The minimum Gasteiger partial charge on any atom is -0.201 e. The van der Waals surface area contributed by atoms with Crippen LogP contribution >= 0.6 is 0 Å². The molecule has 0 bridgehead atoms. The van der Waals surface area contributed by atoms with Crippen LogP contribution in [0.1, 0.15) is 116 Å². The van der Waals surface area contributed by atoms with Gasteiger partial charge in [-0.1, -0.05) is 111 Å². The molecule has 6 aromatic carbocycles. The highest BCUT2D eigenvalue weighted by molar-refractivity contribution is 5.66. The van der Waals surface area contributed by atoms with Crippen LogP contribution in [0.15, 0.2) is 249 Å². The number of hydrogen-bond donors (Lipinski definition) is 0. The van der Waals surface area contributed by atoms with Crippen molar-refractivity contribution < 1.29 is 43.9 Å². The van der Waals surface area contributed by atoms with Gasteiger partial charge in [-0.2, -0.15) is 0 Å². The van der Waals surface area contributed by atoms with Crippen molar-refractivity contribution in [2.75, 3.05) is 0 Å². The first kappa shape index (κ1) is 58.6. The Balaban J connectivity index is 0.000000183. The Kier molecular flexibility index (Phi) is 21.6. The zero-order valence-electron chi connectivity index (χ0n) is 72.9. The zero-order valence-corrected chi connectivity index (χ0v) is 60.9. The molecule has 0 spiro atoms. The lowest BCUT2D eigenvalue weighted by molar-refractivity contribution is -0.660. The van der Waals surface area contributed by atoms with Crippen LogP contribution in [0.3, 0.4) is 0 Å². The van der Waals surface area contributed by atoms with Crippen molar-refractivity contribution in [1.29, 1.82) is 0 Å². The Labute approximate surface area is 601 Å². The topological polar surface area (TPSA) is 23.3 Å². The van der Waals surface area contributed by atoms with E-state index in [0.717, 1.165) is 80.5 Å². The number of hydrogen-bond acceptors (Lipinski definition) is 0. The molecule has 6 nitrogen and oxygen atoms in total. The van der Waals surface area contributed by atoms with Gasteiger partial charge in [0.25, 0.3) is 0 Å². The second kappa shape index (κ2) is 35.8. The Morgan fingerprint density at radius 1 is 0.351 bits per heavy atom. The van der Waals surface area contributed by atoms with Crippen LogP contribution in [-0.2, 0) is 55.1 Å². The highest BCUT2D eigenvalue weighted by atomic mass is 14.9. The van der Waals surface area contributed by atoms with Gasteiger partial charge in [0.05, 0.1) is 4.11 Å². The maximum Gasteiger partial charge on any atom is 0.212 e. The highest BCUT2D eigenvalue weighted by Gasteiger charge is 2.18. The monoisotopic (exact) mass is 1300 g/mol. The Bertz CT molecular complexity index is 5050. The fourth-order valence-corrected chi connectivity index (χ4v) is 11.7. The van der Waals surface area contributed by atoms with E-state index < -0.39 is 26.0 Å². The Hall–Kier alpha value is -9.78. The predicted octanol–water partition coefficient (Wildman–Crippen LogP) is 18.9. The van der Waals surface area contributed by atoms with E-state index in [0.29, 0.717) is 23.6 Å². The predicted molar refractivity (Wildman–Crippen MR) is 408 cm³/mol. The summed E-state index contributed by atoms with van der Waals surface area (Å²) in [5.41, 5.74) is 26.8. The maximum absolute atomic E-state index is 8.25. The fraction of sp³-hybridized carbons (Fsp3) is 0.275.